The van der Waals surface area contributed by atoms with Crippen molar-refractivity contribution in [2.45, 2.75) is 32.2 Å². The van der Waals surface area contributed by atoms with Crippen LogP contribution < -0.4 is 5.32 Å². The first-order chi connectivity index (χ1) is 11.4. The molecule has 0 aliphatic rings. The van der Waals surface area contributed by atoms with E-state index in [0.29, 0.717) is 5.56 Å². The van der Waals surface area contributed by atoms with Crippen LogP contribution in [0, 0.1) is 5.82 Å². The normalized spacial score (nSPS) is 12.0. The summed E-state index contributed by atoms with van der Waals surface area (Å²) < 4.78 is 23.1. The SMILES string of the molecule is COC(=O)C[C@H](NC(=O)c1occc1C(C)C)c1ccc(F)cc1. The van der Waals surface area contributed by atoms with Crippen molar-refractivity contribution < 1.29 is 23.1 Å². The fourth-order valence-corrected chi connectivity index (χ4v) is 2.38. The van der Waals surface area contributed by atoms with Gasteiger partial charge in [-0.1, -0.05) is 26.0 Å². The molecule has 1 heterocycles. The number of furan rings is 1. The average molecular weight is 333 g/mol. The highest BCUT2D eigenvalue weighted by Gasteiger charge is 2.23. The third-order valence-corrected chi connectivity index (χ3v) is 3.70. The molecule has 6 heteroatoms. The molecule has 0 bridgehead atoms. The van der Waals surface area contributed by atoms with Gasteiger partial charge in [0.15, 0.2) is 5.76 Å². The maximum atomic E-state index is 13.1. The van der Waals surface area contributed by atoms with Gasteiger partial charge in [-0.2, -0.15) is 0 Å². The third-order valence-electron chi connectivity index (χ3n) is 3.70. The second-order valence-corrected chi connectivity index (χ2v) is 5.72. The van der Waals surface area contributed by atoms with Gasteiger partial charge in [-0.15, -0.1) is 0 Å². The molecule has 1 aromatic carbocycles. The largest absolute Gasteiger partial charge is 0.469 e. The fourth-order valence-electron chi connectivity index (χ4n) is 2.38. The van der Waals surface area contributed by atoms with Crippen molar-refractivity contribution in [1.82, 2.24) is 5.32 Å². The summed E-state index contributed by atoms with van der Waals surface area (Å²) in [5.41, 5.74) is 1.39. The summed E-state index contributed by atoms with van der Waals surface area (Å²) in [6.45, 7) is 3.90. The number of nitrogens with one attached hydrogen (secondary N) is 1. The molecular formula is C18H20FNO4. The van der Waals surface area contributed by atoms with Crippen molar-refractivity contribution >= 4 is 11.9 Å². The van der Waals surface area contributed by atoms with Gasteiger partial charge in [-0.3, -0.25) is 9.59 Å². The lowest BCUT2D eigenvalue weighted by Crippen LogP contribution is -2.31. The van der Waals surface area contributed by atoms with Crippen molar-refractivity contribution in [3.8, 4) is 0 Å². The smallest absolute Gasteiger partial charge is 0.307 e. The molecule has 24 heavy (non-hydrogen) atoms. The highest BCUT2D eigenvalue weighted by molar-refractivity contribution is 5.93. The molecular weight excluding hydrogens is 313 g/mol. The predicted molar refractivity (Wildman–Crippen MR) is 86.0 cm³/mol. The third kappa shape index (κ3) is 4.22. The number of hydrogen-bond donors (Lipinski definition) is 1. The fraction of sp³-hybridized carbons (Fsp3) is 0.333. The molecule has 0 fully saturated rings. The topological polar surface area (TPSA) is 68.5 Å². The molecule has 0 spiro atoms. The summed E-state index contributed by atoms with van der Waals surface area (Å²) in [5, 5.41) is 2.76. The molecule has 0 saturated heterocycles. The van der Waals surface area contributed by atoms with E-state index in [1.165, 1.54) is 37.6 Å². The van der Waals surface area contributed by atoms with E-state index >= 15 is 0 Å². The van der Waals surface area contributed by atoms with E-state index in [9.17, 15) is 14.0 Å². The summed E-state index contributed by atoms with van der Waals surface area (Å²) in [4.78, 5) is 24.2. The molecule has 0 aliphatic heterocycles. The van der Waals surface area contributed by atoms with Crippen LogP contribution >= 0.6 is 0 Å². The summed E-state index contributed by atoms with van der Waals surface area (Å²) >= 11 is 0. The van der Waals surface area contributed by atoms with Gasteiger partial charge in [-0.25, -0.2) is 4.39 Å². The highest BCUT2D eigenvalue weighted by atomic mass is 19.1. The van der Waals surface area contributed by atoms with Gasteiger partial charge in [0.25, 0.3) is 5.91 Å². The van der Waals surface area contributed by atoms with E-state index in [0.717, 1.165) is 5.56 Å². The summed E-state index contributed by atoms with van der Waals surface area (Å²) in [7, 11) is 1.27. The van der Waals surface area contributed by atoms with Crippen LogP contribution in [0.2, 0.25) is 0 Å². The van der Waals surface area contributed by atoms with Crippen LogP contribution in [0.5, 0.6) is 0 Å². The summed E-state index contributed by atoms with van der Waals surface area (Å²) in [6, 6.07) is 6.70. The van der Waals surface area contributed by atoms with E-state index in [-0.39, 0.29) is 18.1 Å². The zero-order chi connectivity index (χ0) is 17.7. The molecule has 128 valence electrons. The van der Waals surface area contributed by atoms with Crippen LogP contribution in [0.15, 0.2) is 41.0 Å². The molecule has 1 atom stereocenters. The van der Waals surface area contributed by atoms with Gasteiger partial charge >= 0.3 is 5.97 Å². The number of amides is 1. The number of ether oxygens (including phenoxy) is 1. The van der Waals surface area contributed by atoms with Crippen molar-refractivity contribution in [2.24, 2.45) is 0 Å². The van der Waals surface area contributed by atoms with E-state index in [2.05, 4.69) is 10.1 Å². The van der Waals surface area contributed by atoms with Crippen molar-refractivity contribution in [3.05, 3.63) is 59.3 Å². The maximum absolute atomic E-state index is 13.1. The lowest BCUT2D eigenvalue weighted by atomic mass is 10.0. The number of rotatable bonds is 6. The van der Waals surface area contributed by atoms with Crippen LogP contribution in [0.25, 0.3) is 0 Å². The number of carbonyl (C=O) groups is 2. The van der Waals surface area contributed by atoms with Crippen LogP contribution in [0.3, 0.4) is 0 Å². The molecule has 2 rings (SSSR count). The second-order valence-electron chi connectivity index (χ2n) is 5.72. The number of halogens is 1. The van der Waals surface area contributed by atoms with Gasteiger partial charge in [0, 0.05) is 5.56 Å². The standard InChI is InChI=1S/C18H20FNO4/c1-11(2)14-8-9-24-17(14)18(22)20-15(10-16(21)23-3)12-4-6-13(19)7-5-12/h4-9,11,15H,10H2,1-3H3,(H,20,22)/t15-/m0/s1. The quantitative estimate of drug-likeness (QED) is 0.821. The summed E-state index contributed by atoms with van der Waals surface area (Å²) in [6.07, 6.45) is 1.39. The minimum absolute atomic E-state index is 0.0639. The minimum Gasteiger partial charge on any atom is -0.469 e. The van der Waals surface area contributed by atoms with Crippen LogP contribution in [-0.4, -0.2) is 19.0 Å². The van der Waals surface area contributed by atoms with E-state index in [1.54, 1.807) is 6.07 Å². The van der Waals surface area contributed by atoms with E-state index in [1.807, 2.05) is 13.8 Å². The number of methoxy groups -OCH3 is 1. The molecule has 1 N–H and O–H groups in total. The Balaban J connectivity index is 2.24. The minimum atomic E-state index is -0.643. The van der Waals surface area contributed by atoms with Crippen molar-refractivity contribution in [3.63, 3.8) is 0 Å². The predicted octanol–water partition coefficient (Wildman–Crippen LogP) is 3.58. The lowest BCUT2D eigenvalue weighted by molar-refractivity contribution is -0.141. The first kappa shape index (κ1) is 17.7. The Kier molecular flexibility index (Phi) is 5.73. The molecule has 0 radical (unpaired) electrons. The molecule has 0 saturated carbocycles. The summed E-state index contributed by atoms with van der Waals surface area (Å²) in [5.74, 6) is -0.971. The maximum Gasteiger partial charge on any atom is 0.307 e. The zero-order valence-corrected chi connectivity index (χ0v) is 13.8. The first-order valence-electron chi connectivity index (χ1n) is 7.63. The monoisotopic (exact) mass is 333 g/mol. The molecule has 2 aromatic rings. The average Bonchev–Trinajstić information content (AvgIpc) is 3.04. The molecule has 1 aromatic heterocycles. The van der Waals surface area contributed by atoms with Gasteiger partial charge < -0.3 is 14.5 Å². The second kappa shape index (κ2) is 7.77. The number of benzene rings is 1. The molecule has 0 unspecified atom stereocenters. The van der Waals surface area contributed by atoms with Gasteiger partial charge in [-0.05, 0) is 29.7 Å². The van der Waals surface area contributed by atoms with Gasteiger partial charge in [0.05, 0.1) is 25.8 Å². The van der Waals surface area contributed by atoms with Gasteiger partial charge in [0.1, 0.15) is 5.82 Å². The Hall–Kier alpha value is -2.63. The Morgan fingerprint density at radius 3 is 2.46 bits per heavy atom. The Labute approximate surface area is 139 Å². The molecule has 0 aliphatic carbocycles. The van der Waals surface area contributed by atoms with Crippen molar-refractivity contribution in [1.29, 1.82) is 0 Å². The van der Waals surface area contributed by atoms with Crippen LogP contribution in [-0.2, 0) is 9.53 Å². The Morgan fingerprint density at radius 1 is 1.21 bits per heavy atom. The first-order valence-corrected chi connectivity index (χ1v) is 7.63. The number of carbonyl (C=O) groups excluding carboxylic acids is 2. The van der Waals surface area contributed by atoms with Gasteiger partial charge in [0.2, 0.25) is 0 Å². The molecule has 5 nitrogen and oxygen atoms in total. The number of esters is 1. The van der Waals surface area contributed by atoms with E-state index < -0.39 is 23.7 Å². The van der Waals surface area contributed by atoms with Crippen LogP contribution in [0.4, 0.5) is 4.39 Å². The van der Waals surface area contributed by atoms with E-state index in [4.69, 9.17) is 4.42 Å². The Bertz CT molecular complexity index is 706. The molecule has 1 amide bonds. The zero-order valence-electron chi connectivity index (χ0n) is 13.8. The van der Waals surface area contributed by atoms with Crippen LogP contribution in [0.1, 0.15) is 53.9 Å². The highest BCUT2D eigenvalue weighted by Crippen LogP contribution is 2.23. The lowest BCUT2D eigenvalue weighted by Gasteiger charge is -2.18. The number of hydrogen-bond acceptors (Lipinski definition) is 4. The van der Waals surface area contributed by atoms with Crippen molar-refractivity contribution in [2.75, 3.05) is 7.11 Å². The Morgan fingerprint density at radius 2 is 1.88 bits per heavy atom.